The van der Waals surface area contributed by atoms with Crippen LogP contribution in [0.4, 0.5) is 0 Å². The lowest BCUT2D eigenvalue weighted by molar-refractivity contribution is 0.256. The van der Waals surface area contributed by atoms with E-state index in [0.717, 1.165) is 90.9 Å². The predicted octanol–water partition coefficient (Wildman–Crippen LogP) is 6.93. The molecular formula is C41H44O8. The summed E-state index contributed by atoms with van der Waals surface area (Å²) in [4.78, 5) is 0. The zero-order chi connectivity index (χ0) is 32.8. The van der Waals surface area contributed by atoms with Gasteiger partial charge in [-0.3, -0.25) is 0 Å². The van der Waals surface area contributed by atoms with E-state index >= 15 is 0 Å². The second kappa shape index (κ2) is 15.2. The van der Waals surface area contributed by atoms with Crippen molar-refractivity contribution in [3.8, 4) is 23.0 Å². The highest BCUT2D eigenvalue weighted by molar-refractivity contribution is 5.49. The van der Waals surface area contributed by atoms with Crippen LogP contribution in [0.1, 0.15) is 53.4 Å². The molecule has 4 saturated heterocycles. The zero-order valence-electron chi connectivity index (χ0n) is 27.7. The fourth-order valence-electron chi connectivity index (χ4n) is 6.47. The Labute approximate surface area is 288 Å². The maximum Gasteiger partial charge on any atom is 0.123 e. The van der Waals surface area contributed by atoms with Crippen molar-refractivity contribution in [2.45, 2.75) is 55.5 Å². The lowest BCUT2D eigenvalue weighted by Crippen LogP contribution is -2.13. The minimum absolute atomic E-state index is 0.0466. The Morgan fingerprint density at radius 2 is 0.653 bits per heavy atom. The Morgan fingerprint density at radius 1 is 0.408 bits per heavy atom. The molecule has 8 rings (SSSR count). The van der Waals surface area contributed by atoms with Crippen LogP contribution in [-0.4, -0.2) is 77.3 Å². The molecular weight excluding hydrogens is 620 g/mol. The minimum Gasteiger partial charge on any atom is -0.490 e. The lowest BCUT2D eigenvalue weighted by atomic mass is 9.81. The Balaban J connectivity index is 1.09. The van der Waals surface area contributed by atoms with Crippen LogP contribution < -0.4 is 18.9 Å². The third-order valence-corrected chi connectivity index (χ3v) is 9.47. The van der Waals surface area contributed by atoms with Crippen LogP contribution in [0.3, 0.4) is 0 Å². The number of hydrogen-bond donors (Lipinski definition) is 0. The molecule has 4 aliphatic rings. The number of ether oxygens (including phenoxy) is 8. The average molecular weight is 665 g/mol. The van der Waals surface area contributed by atoms with Gasteiger partial charge in [0.25, 0.3) is 0 Å². The minimum atomic E-state index is 0.0466. The Kier molecular flexibility index (Phi) is 9.98. The number of para-hydroxylation sites is 4. The average Bonchev–Trinajstić information content (AvgIpc) is 3.93. The third-order valence-electron chi connectivity index (χ3n) is 9.47. The molecule has 0 N–H and O–H groups in total. The van der Waals surface area contributed by atoms with E-state index in [1.54, 1.807) is 0 Å². The van der Waals surface area contributed by atoms with Gasteiger partial charge in [0.15, 0.2) is 0 Å². The van der Waals surface area contributed by atoms with Crippen LogP contribution >= 0.6 is 0 Å². The highest BCUT2D eigenvalue weighted by atomic mass is 16.6. The second-order valence-corrected chi connectivity index (χ2v) is 13.3. The van der Waals surface area contributed by atoms with Gasteiger partial charge in [0.1, 0.15) is 73.8 Å². The normalized spacial score (nSPS) is 22.9. The summed E-state index contributed by atoms with van der Waals surface area (Å²) in [6, 6.07) is 33.6. The van der Waals surface area contributed by atoms with Crippen LogP contribution in [0.25, 0.3) is 0 Å². The predicted molar refractivity (Wildman–Crippen MR) is 184 cm³/mol. The van der Waals surface area contributed by atoms with Gasteiger partial charge in [-0.2, -0.15) is 0 Å². The van der Waals surface area contributed by atoms with Gasteiger partial charge in [-0.25, -0.2) is 0 Å². The monoisotopic (exact) mass is 664 g/mol. The van der Waals surface area contributed by atoms with Crippen molar-refractivity contribution in [2.75, 3.05) is 52.9 Å². The van der Waals surface area contributed by atoms with Gasteiger partial charge in [0.2, 0.25) is 0 Å². The molecule has 8 heteroatoms. The fraction of sp³-hybridized carbons (Fsp3) is 0.415. The summed E-state index contributed by atoms with van der Waals surface area (Å²) >= 11 is 0. The van der Waals surface area contributed by atoms with Gasteiger partial charge in [-0.1, -0.05) is 79.2 Å². The van der Waals surface area contributed by atoms with Crippen LogP contribution in [-0.2, 0) is 18.9 Å². The van der Waals surface area contributed by atoms with Gasteiger partial charge in [-0.15, -0.1) is 0 Å². The topological polar surface area (TPSA) is 87.0 Å². The first kappa shape index (κ1) is 32.1. The first-order valence-corrected chi connectivity index (χ1v) is 17.6. The number of epoxide rings is 4. The molecule has 4 aliphatic heterocycles. The summed E-state index contributed by atoms with van der Waals surface area (Å²) in [5, 5.41) is 0. The van der Waals surface area contributed by atoms with Crippen molar-refractivity contribution in [2.24, 2.45) is 0 Å². The van der Waals surface area contributed by atoms with E-state index < -0.39 is 0 Å². The summed E-state index contributed by atoms with van der Waals surface area (Å²) in [6.07, 6.45) is 3.38. The standard InChI is InChI=1S/C41H44O8/c1-5-16-38(46-24-28-20-42-28)34(10-1)32(35-11-2-6-17-39(35)47-25-29-21-43-29)14-9-15-33(36-12-3-7-18-40(36)48-26-30-22-44-30)37-13-4-8-19-41(37)49-27-31-23-45-31/h1-8,10-13,16-19,28-33H,9,14-15,20-27H2. The molecule has 0 amide bonds. The van der Waals surface area contributed by atoms with Crippen molar-refractivity contribution in [1.82, 2.24) is 0 Å². The fourth-order valence-corrected chi connectivity index (χ4v) is 6.47. The van der Waals surface area contributed by atoms with Crippen molar-refractivity contribution in [3.05, 3.63) is 119 Å². The van der Waals surface area contributed by atoms with E-state index in [-0.39, 0.29) is 36.3 Å². The largest absolute Gasteiger partial charge is 0.490 e. The molecule has 4 fully saturated rings. The highest BCUT2D eigenvalue weighted by Crippen LogP contribution is 2.44. The molecule has 4 aromatic carbocycles. The van der Waals surface area contributed by atoms with Gasteiger partial charge in [-0.05, 0) is 37.1 Å². The Hall–Kier alpha value is -4.08. The van der Waals surface area contributed by atoms with E-state index in [9.17, 15) is 0 Å². The maximum absolute atomic E-state index is 6.37. The number of benzene rings is 4. The van der Waals surface area contributed by atoms with Crippen molar-refractivity contribution >= 4 is 0 Å². The third kappa shape index (κ3) is 8.75. The van der Waals surface area contributed by atoms with Gasteiger partial charge >= 0.3 is 0 Å². The summed E-state index contributed by atoms with van der Waals surface area (Å²) < 4.78 is 47.4. The van der Waals surface area contributed by atoms with E-state index in [4.69, 9.17) is 37.9 Å². The van der Waals surface area contributed by atoms with Gasteiger partial charge < -0.3 is 37.9 Å². The van der Waals surface area contributed by atoms with E-state index in [2.05, 4.69) is 72.8 Å². The van der Waals surface area contributed by atoms with Crippen molar-refractivity contribution < 1.29 is 37.9 Å². The highest BCUT2D eigenvalue weighted by Gasteiger charge is 2.30. The molecule has 8 nitrogen and oxygen atoms in total. The van der Waals surface area contributed by atoms with Crippen LogP contribution in [0.2, 0.25) is 0 Å². The molecule has 4 atom stereocenters. The van der Waals surface area contributed by atoms with Gasteiger partial charge in [0, 0.05) is 34.1 Å². The zero-order valence-corrected chi connectivity index (χ0v) is 27.7. The quantitative estimate of drug-likeness (QED) is 0.0941. The summed E-state index contributed by atoms with van der Waals surface area (Å²) in [5.41, 5.74) is 4.61. The van der Waals surface area contributed by atoms with Crippen LogP contribution in [0, 0.1) is 0 Å². The molecule has 49 heavy (non-hydrogen) atoms. The van der Waals surface area contributed by atoms with E-state index in [1.807, 2.05) is 24.3 Å². The van der Waals surface area contributed by atoms with Crippen molar-refractivity contribution in [3.63, 3.8) is 0 Å². The lowest BCUT2D eigenvalue weighted by Gasteiger charge is -2.26. The smallest absolute Gasteiger partial charge is 0.123 e. The Bertz CT molecular complexity index is 1430. The molecule has 0 aromatic heterocycles. The Morgan fingerprint density at radius 3 is 0.898 bits per heavy atom. The molecule has 256 valence electrons. The molecule has 0 spiro atoms. The molecule has 4 aromatic rings. The maximum atomic E-state index is 6.37. The van der Waals surface area contributed by atoms with Crippen LogP contribution in [0.5, 0.6) is 23.0 Å². The molecule has 0 radical (unpaired) electrons. The van der Waals surface area contributed by atoms with Gasteiger partial charge in [0.05, 0.1) is 26.4 Å². The molecule has 4 heterocycles. The number of hydrogen-bond acceptors (Lipinski definition) is 8. The summed E-state index contributed by atoms with van der Waals surface area (Å²) in [5.74, 6) is 3.66. The van der Waals surface area contributed by atoms with Crippen LogP contribution in [0.15, 0.2) is 97.1 Å². The first-order chi connectivity index (χ1) is 24.3. The summed E-state index contributed by atoms with van der Waals surface area (Å²) in [6.45, 7) is 5.22. The second-order valence-electron chi connectivity index (χ2n) is 13.3. The SMILES string of the molecule is c1ccc(C(CCCC(c2ccccc2OCC2CO2)c2ccccc2OCC2CO2)c2ccccc2OCC2CO2)c(OCC2CO2)c1. The van der Waals surface area contributed by atoms with E-state index in [1.165, 1.54) is 0 Å². The van der Waals surface area contributed by atoms with E-state index in [0.29, 0.717) is 26.4 Å². The molecule has 0 aliphatic carbocycles. The summed E-state index contributed by atoms with van der Waals surface area (Å²) in [7, 11) is 0. The molecule has 0 saturated carbocycles. The molecule has 0 bridgehead atoms. The first-order valence-electron chi connectivity index (χ1n) is 17.6. The van der Waals surface area contributed by atoms with Crippen molar-refractivity contribution in [1.29, 1.82) is 0 Å². The molecule has 4 unspecified atom stereocenters. The number of rotatable bonds is 20.